The van der Waals surface area contributed by atoms with Gasteiger partial charge in [-0.25, -0.2) is 0 Å². The second-order valence-corrected chi connectivity index (χ2v) is 8.29. The van der Waals surface area contributed by atoms with Crippen LogP contribution in [-0.2, 0) is 33.6 Å². The molecule has 36 heavy (non-hydrogen) atoms. The number of aliphatic carboxylic acids is 1. The summed E-state index contributed by atoms with van der Waals surface area (Å²) in [6.45, 7) is 5.57. The zero-order chi connectivity index (χ0) is 28.0. The molecule has 0 unspecified atom stereocenters. The minimum Gasteiger partial charge on any atom is -0.481 e. The highest BCUT2D eigenvalue weighted by Crippen LogP contribution is 2.03. The molecule has 0 fully saturated rings. The van der Waals surface area contributed by atoms with Gasteiger partial charge in [0.2, 0.25) is 35.4 Å². The topological polar surface area (TPSA) is 252 Å². The van der Waals surface area contributed by atoms with Crippen LogP contribution in [0.1, 0.15) is 53.4 Å². The number of carbonyl (C=O) groups is 7. The Balaban J connectivity index is 5.32. The number of amides is 6. The van der Waals surface area contributed by atoms with Gasteiger partial charge in [0.1, 0.15) is 30.2 Å². The van der Waals surface area contributed by atoms with E-state index in [0.29, 0.717) is 19.4 Å². The molecule has 0 rings (SSSR count). The fourth-order valence-electron chi connectivity index (χ4n) is 2.87. The van der Waals surface area contributed by atoms with Gasteiger partial charge in [0.15, 0.2) is 0 Å². The third kappa shape index (κ3) is 12.6. The van der Waals surface area contributed by atoms with Crippen LogP contribution in [0.15, 0.2) is 0 Å². The van der Waals surface area contributed by atoms with Crippen LogP contribution in [0.25, 0.3) is 0 Å². The first-order valence-electron chi connectivity index (χ1n) is 11.4. The van der Waals surface area contributed by atoms with Gasteiger partial charge in [-0.3, -0.25) is 33.6 Å². The minimum atomic E-state index is -1.54. The Morgan fingerprint density at radius 1 is 0.694 bits per heavy atom. The van der Waals surface area contributed by atoms with Gasteiger partial charge >= 0.3 is 5.97 Å². The number of hydrogen-bond acceptors (Lipinski definition) is 8. The molecule has 15 nitrogen and oxygen atoms in total. The predicted octanol–water partition coefficient (Wildman–Crippen LogP) is -3.42. The van der Waals surface area contributed by atoms with Crippen molar-refractivity contribution in [3.05, 3.63) is 0 Å². The largest absolute Gasteiger partial charge is 0.481 e. The third-order valence-corrected chi connectivity index (χ3v) is 4.94. The van der Waals surface area contributed by atoms with E-state index in [-0.39, 0.29) is 6.42 Å². The quantitative estimate of drug-likeness (QED) is 0.0951. The molecule has 0 heterocycles. The normalized spacial score (nSPS) is 14.7. The van der Waals surface area contributed by atoms with Gasteiger partial charge in [0, 0.05) is 6.92 Å². The summed E-state index contributed by atoms with van der Waals surface area (Å²) < 4.78 is 0. The molecule has 0 aromatic carbocycles. The average Bonchev–Trinajstić information content (AvgIpc) is 2.76. The summed E-state index contributed by atoms with van der Waals surface area (Å²) in [7, 11) is 0. The van der Waals surface area contributed by atoms with E-state index >= 15 is 0 Å². The number of carboxylic acids is 1. The lowest BCUT2D eigenvalue weighted by molar-refractivity contribution is -0.141. The summed E-state index contributed by atoms with van der Waals surface area (Å²) in [5.74, 6) is -5.85. The van der Waals surface area contributed by atoms with Gasteiger partial charge in [-0.05, 0) is 46.6 Å². The third-order valence-electron chi connectivity index (χ3n) is 4.94. The van der Waals surface area contributed by atoms with Crippen LogP contribution in [0, 0.1) is 0 Å². The van der Waals surface area contributed by atoms with E-state index in [0.717, 1.165) is 0 Å². The van der Waals surface area contributed by atoms with Crippen molar-refractivity contribution >= 4 is 41.4 Å². The lowest BCUT2D eigenvalue weighted by atomic mass is 10.1. The Kier molecular flexibility index (Phi) is 14.4. The molecule has 0 aromatic rings. The number of carboxylic acid groups (broad SMARTS) is 1. The zero-order valence-electron chi connectivity index (χ0n) is 20.9. The maximum absolute atomic E-state index is 12.7. The summed E-state index contributed by atoms with van der Waals surface area (Å²) in [5.41, 5.74) is 10.6. The maximum Gasteiger partial charge on any atom is 0.305 e. The van der Waals surface area contributed by atoms with Crippen molar-refractivity contribution in [2.45, 2.75) is 83.6 Å². The van der Waals surface area contributed by atoms with Gasteiger partial charge in [-0.1, -0.05) is 0 Å². The summed E-state index contributed by atoms with van der Waals surface area (Å²) >= 11 is 0. The molecule has 5 atom stereocenters. The van der Waals surface area contributed by atoms with Crippen molar-refractivity contribution in [3.8, 4) is 0 Å². The second-order valence-electron chi connectivity index (χ2n) is 8.29. The molecule has 10 N–H and O–H groups in total. The van der Waals surface area contributed by atoms with E-state index in [1.54, 1.807) is 0 Å². The highest BCUT2D eigenvalue weighted by molar-refractivity contribution is 5.97. The molecule has 0 aliphatic rings. The van der Waals surface area contributed by atoms with E-state index in [4.69, 9.17) is 16.6 Å². The highest BCUT2D eigenvalue weighted by Gasteiger charge is 2.30. The van der Waals surface area contributed by atoms with E-state index < -0.39 is 78.0 Å². The SMILES string of the molecule is CC(=O)N[C@@H](C)C(=O)N[C@@H](CC(=O)O)C(=O)N[C@@H](C)C(=O)N[C@@H](CCCCN)C(=O)N[C@@H](C)C(N)=O. The molecule has 0 saturated carbocycles. The molecule has 0 aliphatic heterocycles. The Labute approximate surface area is 208 Å². The summed E-state index contributed by atoms with van der Waals surface area (Å²) in [6, 6.07) is -5.84. The van der Waals surface area contributed by atoms with Crippen LogP contribution in [0.5, 0.6) is 0 Å². The van der Waals surface area contributed by atoms with Crippen LogP contribution >= 0.6 is 0 Å². The van der Waals surface area contributed by atoms with Crippen LogP contribution in [0.2, 0.25) is 0 Å². The molecule has 15 heteroatoms. The number of unbranched alkanes of at least 4 members (excludes halogenated alkanes) is 1. The van der Waals surface area contributed by atoms with Gasteiger partial charge < -0.3 is 43.2 Å². The molecule has 0 saturated heterocycles. The molecule has 0 bridgehead atoms. The monoisotopic (exact) mass is 515 g/mol. The predicted molar refractivity (Wildman–Crippen MR) is 127 cm³/mol. The molecule has 204 valence electrons. The van der Waals surface area contributed by atoms with Crippen LogP contribution in [0.3, 0.4) is 0 Å². The fraction of sp³-hybridized carbons (Fsp3) is 0.667. The molecule has 6 amide bonds. The van der Waals surface area contributed by atoms with E-state index in [1.807, 2.05) is 0 Å². The fourth-order valence-corrected chi connectivity index (χ4v) is 2.87. The van der Waals surface area contributed by atoms with Gasteiger partial charge in [0.05, 0.1) is 6.42 Å². The van der Waals surface area contributed by atoms with Crippen molar-refractivity contribution in [2.75, 3.05) is 6.54 Å². The van der Waals surface area contributed by atoms with E-state index in [2.05, 4.69) is 26.6 Å². The van der Waals surface area contributed by atoms with Crippen molar-refractivity contribution < 1.29 is 38.7 Å². The van der Waals surface area contributed by atoms with E-state index in [1.165, 1.54) is 27.7 Å². The number of hydrogen-bond donors (Lipinski definition) is 8. The van der Waals surface area contributed by atoms with Gasteiger partial charge in [-0.2, -0.15) is 0 Å². The maximum atomic E-state index is 12.7. The lowest BCUT2D eigenvalue weighted by Gasteiger charge is -2.24. The highest BCUT2D eigenvalue weighted by atomic mass is 16.4. The van der Waals surface area contributed by atoms with Crippen molar-refractivity contribution in [3.63, 3.8) is 0 Å². The molecular weight excluding hydrogens is 478 g/mol. The van der Waals surface area contributed by atoms with E-state index in [9.17, 15) is 33.6 Å². The first kappa shape index (κ1) is 32.2. The first-order chi connectivity index (χ1) is 16.7. The summed E-state index contributed by atoms with van der Waals surface area (Å²) in [4.78, 5) is 83.6. The summed E-state index contributed by atoms with van der Waals surface area (Å²) in [6.07, 6.45) is 0.470. The minimum absolute atomic E-state index is 0.194. The zero-order valence-corrected chi connectivity index (χ0v) is 20.9. The number of nitrogens with two attached hydrogens (primary N) is 2. The molecule has 0 radical (unpaired) electrons. The molecule has 0 aliphatic carbocycles. The van der Waals surface area contributed by atoms with Gasteiger partial charge in [-0.15, -0.1) is 0 Å². The van der Waals surface area contributed by atoms with Crippen LogP contribution in [0.4, 0.5) is 0 Å². The van der Waals surface area contributed by atoms with Crippen molar-refractivity contribution in [1.29, 1.82) is 0 Å². The lowest BCUT2D eigenvalue weighted by Crippen LogP contribution is -2.58. The number of carbonyl (C=O) groups excluding carboxylic acids is 6. The molecule has 0 spiro atoms. The summed E-state index contributed by atoms with van der Waals surface area (Å²) in [5, 5.41) is 20.8. The Morgan fingerprint density at radius 2 is 1.17 bits per heavy atom. The Morgan fingerprint density at radius 3 is 1.64 bits per heavy atom. The number of rotatable bonds is 16. The average molecular weight is 516 g/mol. The Hall–Kier alpha value is -3.75. The smallest absolute Gasteiger partial charge is 0.305 e. The van der Waals surface area contributed by atoms with Crippen LogP contribution in [-0.4, -0.2) is 83.3 Å². The Bertz CT molecular complexity index is 835. The van der Waals surface area contributed by atoms with Crippen molar-refractivity contribution in [2.24, 2.45) is 11.5 Å². The van der Waals surface area contributed by atoms with Crippen LogP contribution < -0.4 is 38.1 Å². The van der Waals surface area contributed by atoms with Crippen molar-refractivity contribution in [1.82, 2.24) is 26.6 Å². The standard InChI is InChI=1S/C21H37N7O8/c1-10(17(23)32)25-20(35)14(7-5-6-8-22)27-19(34)12(3)26-21(36)15(9-16(30)31)28-18(33)11(2)24-13(4)29/h10-12,14-15H,5-9,22H2,1-4H3,(H2,23,32)(H,24,29)(H,25,35)(H,26,36)(H,27,34)(H,28,33)(H,30,31)/t10-,11-,12-,14-,15-/m0/s1. The molecule has 0 aromatic heterocycles. The molecular formula is C21H37N7O8. The first-order valence-corrected chi connectivity index (χ1v) is 11.4. The number of nitrogens with one attached hydrogen (secondary N) is 5. The second kappa shape index (κ2) is 16.0. The van der Waals surface area contributed by atoms with Gasteiger partial charge in [0.25, 0.3) is 0 Å². The number of primary amides is 1.